The number of phenols is 1. The number of aliphatic hydroxyl groups is 1. The zero-order valence-corrected chi connectivity index (χ0v) is 25.5. The maximum absolute atomic E-state index is 14.6. The van der Waals surface area contributed by atoms with Crippen LogP contribution in [0.1, 0.15) is 57.9 Å². The van der Waals surface area contributed by atoms with Gasteiger partial charge in [-0.15, -0.1) is 0 Å². The number of anilines is 2. The number of fused-ring (bicyclic) bond motifs is 1. The van der Waals surface area contributed by atoms with Crippen molar-refractivity contribution >= 4 is 23.4 Å². The second kappa shape index (κ2) is 12.4. The van der Waals surface area contributed by atoms with Gasteiger partial charge in [0.05, 0.1) is 11.6 Å². The van der Waals surface area contributed by atoms with Gasteiger partial charge in [-0.1, -0.05) is 12.1 Å². The zero-order chi connectivity index (χ0) is 31.8. The van der Waals surface area contributed by atoms with E-state index in [1.807, 2.05) is 6.07 Å². The number of benzene rings is 2. The summed E-state index contributed by atoms with van der Waals surface area (Å²) in [5, 5.41) is 20.7. The number of likely N-dealkylation sites (tertiary alicyclic amines) is 1. The predicted molar refractivity (Wildman–Crippen MR) is 159 cm³/mol. The van der Waals surface area contributed by atoms with Crippen LogP contribution in [0.2, 0.25) is 0 Å². The number of nitrogens with zero attached hydrogens (tertiary/aromatic N) is 3. The Balaban J connectivity index is 1.50. The average Bonchev–Trinajstić information content (AvgIpc) is 3.79. The first-order chi connectivity index (χ1) is 20.8. The lowest BCUT2D eigenvalue weighted by Gasteiger charge is -2.42. The maximum Gasteiger partial charge on any atom is 0.444 e. The Morgan fingerprint density at radius 3 is 2.55 bits per heavy atom. The molecule has 2 N–H and O–H groups in total. The number of methoxy groups -OCH3 is 1. The third kappa shape index (κ3) is 6.86. The first-order valence-corrected chi connectivity index (χ1v) is 15.0. The molecule has 5 rings (SSSR count). The van der Waals surface area contributed by atoms with Crippen LogP contribution < -0.4 is 14.5 Å². The van der Waals surface area contributed by atoms with Crippen molar-refractivity contribution in [3.05, 3.63) is 48.0 Å². The molecule has 0 spiro atoms. The largest absolute Gasteiger partial charge is 0.508 e. The number of hydrogen-bond acceptors (Lipinski definition) is 8. The molecule has 2 aliphatic heterocycles. The number of amides is 2. The second-order valence-corrected chi connectivity index (χ2v) is 12.7. The third-order valence-electron chi connectivity index (χ3n) is 8.15. The molecule has 3 aliphatic rings. The summed E-state index contributed by atoms with van der Waals surface area (Å²) in [6.07, 6.45) is -4.17. The summed E-state index contributed by atoms with van der Waals surface area (Å²) in [6, 6.07) is 11.3. The summed E-state index contributed by atoms with van der Waals surface area (Å²) in [4.78, 5) is 32.1. The highest BCUT2D eigenvalue weighted by atomic mass is 19.3. The summed E-state index contributed by atoms with van der Waals surface area (Å²) in [5.41, 5.74) is 0.814. The first-order valence-electron chi connectivity index (χ1n) is 15.0. The molecule has 44 heavy (non-hydrogen) atoms. The fourth-order valence-corrected chi connectivity index (χ4v) is 5.98. The second-order valence-electron chi connectivity index (χ2n) is 12.7. The van der Waals surface area contributed by atoms with Crippen molar-refractivity contribution in [1.29, 1.82) is 0 Å². The maximum atomic E-state index is 14.6. The number of hydrogen-bond donors (Lipinski definition) is 2. The third-order valence-corrected chi connectivity index (χ3v) is 8.15. The fraction of sp³-hybridized carbons (Fsp3) is 0.562. The van der Waals surface area contributed by atoms with E-state index in [2.05, 4.69) is 0 Å². The Labute approximate surface area is 256 Å². The number of piperidine rings is 1. The van der Waals surface area contributed by atoms with E-state index in [4.69, 9.17) is 14.2 Å². The number of alkyl halides is 2. The number of halogens is 2. The highest BCUT2D eigenvalue weighted by Crippen LogP contribution is 2.46. The lowest BCUT2D eigenvalue weighted by atomic mass is 9.79. The van der Waals surface area contributed by atoms with Gasteiger partial charge in [0.15, 0.2) is 0 Å². The van der Waals surface area contributed by atoms with E-state index in [9.17, 15) is 28.6 Å². The number of carbonyl (C=O) groups is 2. The Kier molecular flexibility index (Phi) is 8.95. The van der Waals surface area contributed by atoms with Gasteiger partial charge >= 0.3 is 12.2 Å². The monoisotopic (exact) mass is 617 g/mol. The molecule has 1 aliphatic carbocycles. The van der Waals surface area contributed by atoms with E-state index in [1.165, 1.54) is 18.1 Å². The molecule has 0 bridgehead atoms. The molecule has 2 aromatic carbocycles. The Morgan fingerprint density at radius 2 is 1.89 bits per heavy atom. The summed E-state index contributed by atoms with van der Waals surface area (Å²) >= 11 is 0. The van der Waals surface area contributed by atoms with Crippen molar-refractivity contribution in [2.75, 3.05) is 43.2 Å². The van der Waals surface area contributed by atoms with Gasteiger partial charge in [-0.05, 0) is 88.3 Å². The van der Waals surface area contributed by atoms with E-state index < -0.39 is 29.9 Å². The molecule has 1 unspecified atom stereocenters. The molecule has 0 aromatic heterocycles. The van der Waals surface area contributed by atoms with Crippen molar-refractivity contribution in [2.45, 2.75) is 76.4 Å². The Bertz CT molecular complexity index is 1360. The first kappa shape index (κ1) is 31.8. The lowest BCUT2D eigenvalue weighted by Crippen LogP contribution is -2.55. The van der Waals surface area contributed by atoms with Gasteiger partial charge < -0.3 is 39.1 Å². The van der Waals surface area contributed by atoms with E-state index in [1.54, 1.807) is 60.9 Å². The lowest BCUT2D eigenvalue weighted by molar-refractivity contribution is -0.245. The van der Waals surface area contributed by atoms with Crippen LogP contribution in [0.3, 0.4) is 0 Å². The van der Waals surface area contributed by atoms with Crippen LogP contribution in [-0.2, 0) is 14.3 Å². The van der Waals surface area contributed by atoms with Crippen molar-refractivity contribution in [3.63, 3.8) is 0 Å². The number of ether oxygens (including phenoxy) is 3. The van der Waals surface area contributed by atoms with Gasteiger partial charge in [-0.25, -0.2) is 4.79 Å². The van der Waals surface area contributed by atoms with Crippen LogP contribution in [0, 0.1) is 5.92 Å². The summed E-state index contributed by atoms with van der Waals surface area (Å²) in [5.74, 6) is -1.19. The van der Waals surface area contributed by atoms with E-state index >= 15 is 0 Å². The van der Waals surface area contributed by atoms with E-state index in [-0.39, 0.29) is 48.1 Å². The quantitative estimate of drug-likeness (QED) is 0.395. The van der Waals surface area contributed by atoms with Gasteiger partial charge in [0.25, 0.3) is 0 Å². The molecule has 12 heteroatoms. The summed E-state index contributed by atoms with van der Waals surface area (Å²) < 4.78 is 44.7. The van der Waals surface area contributed by atoms with Crippen molar-refractivity contribution in [3.8, 4) is 11.5 Å². The van der Waals surface area contributed by atoms with Crippen molar-refractivity contribution < 1.29 is 42.8 Å². The van der Waals surface area contributed by atoms with Crippen LogP contribution in [0.4, 0.5) is 25.0 Å². The Hall–Kier alpha value is -3.64. The number of phenolic OH excluding ortho intramolecular Hbond substituents is 1. The molecule has 2 aromatic rings. The van der Waals surface area contributed by atoms with Crippen molar-refractivity contribution in [1.82, 2.24) is 4.90 Å². The minimum Gasteiger partial charge on any atom is -0.508 e. The van der Waals surface area contributed by atoms with E-state index in [0.29, 0.717) is 31.7 Å². The molecule has 2 amide bonds. The van der Waals surface area contributed by atoms with Crippen LogP contribution in [0.5, 0.6) is 11.5 Å². The molecule has 2 heterocycles. The molecule has 0 radical (unpaired) electrons. The highest BCUT2D eigenvalue weighted by molar-refractivity contribution is 5.98. The van der Waals surface area contributed by atoms with Crippen LogP contribution >= 0.6 is 0 Å². The molecular weight excluding hydrogens is 576 g/mol. The van der Waals surface area contributed by atoms with Crippen LogP contribution in [0.15, 0.2) is 42.5 Å². The summed E-state index contributed by atoms with van der Waals surface area (Å²) in [6.45, 7) is 6.23. The SMILES string of the molecule is COCCCN1c2cc(N(C(=O)[C@H]3CN(C(=O)OC(C)(C)C)CC[C@@H]3c3cccc(O)c3)C3CC3)ccc2OC(F)(F)C1O. The molecule has 2 fully saturated rings. The van der Waals surface area contributed by atoms with Crippen LogP contribution in [0.25, 0.3) is 0 Å². The normalized spacial score (nSPS) is 23.0. The molecule has 1 saturated heterocycles. The Morgan fingerprint density at radius 1 is 1.14 bits per heavy atom. The zero-order valence-electron chi connectivity index (χ0n) is 25.5. The standard InChI is InChI=1S/C32H41F2N3O7/c1-31(2,3)44-30(41)35-15-13-24(20-7-5-8-23(38)17-20)25(19-35)28(39)37(21-9-10-21)22-11-12-27-26(18-22)36(14-6-16-42-4)29(40)32(33,34)43-27/h5,7-8,11-12,17-18,21,24-25,29,38,40H,6,9-10,13-16,19H2,1-4H3/t24-,25+,29?/m1/s1. The topological polar surface area (TPSA) is 112 Å². The number of rotatable bonds is 8. The van der Waals surface area contributed by atoms with Gasteiger partial charge in [-0.3, -0.25) is 4.79 Å². The van der Waals surface area contributed by atoms with Gasteiger partial charge in [0.2, 0.25) is 12.1 Å². The minimum atomic E-state index is -3.82. The number of carbonyl (C=O) groups excluding carboxylic acids is 2. The van der Waals surface area contributed by atoms with E-state index in [0.717, 1.165) is 18.4 Å². The molecule has 1 saturated carbocycles. The summed E-state index contributed by atoms with van der Waals surface area (Å²) in [7, 11) is 1.51. The van der Waals surface area contributed by atoms with Gasteiger partial charge in [0.1, 0.15) is 17.1 Å². The number of aliphatic hydroxyl groups excluding tert-OH is 1. The average molecular weight is 618 g/mol. The number of aromatic hydroxyl groups is 1. The molecule has 10 nitrogen and oxygen atoms in total. The smallest absolute Gasteiger partial charge is 0.444 e. The van der Waals surface area contributed by atoms with Gasteiger partial charge in [-0.2, -0.15) is 8.78 Å². The predicted octanol–water partition coefficient (Wildman–Crippen LogP) is 5.07. The molecule has 240 valence electrons. The molecule has 3 atom stereocenters. The molecular formula is C32H41F2N3O7. The fourth-order valence-electron chi connectivity index (χ4n) is 5.98. The highest BCUT2D eigenvalue weighted by Gasteiger charge is 2.50. The van der Waals surface area contributed by atoms with Gasteiger partial charge in [0, 0.05) is 45.1 Å². The van der Waals surface area contributed by atoms with Crippen LogP contribution in [-0.4, -0.2) is 84.4 Å². The minimum absolute atomic E-state index is 0.0782. The van der Waals surface area contributed by atoms with Crippen molar-refractivity contribution in [2.24, 2.45) is 5.92 Å².